The van der Waals surface area contributed by atoms with Crippen LogP contribution in [0.25, 0.3) is 0 Å². The third-order valence-electron chi connectivity index (χ3n) is 3.76. The number of nitrogens with two attached hydrogens (primary N) is 1. The number of carbonyl (C=O) groups is 1. The van der Waals surface area contributed by atoms with Gasteiger partial charge in [0.05, 0.1) is 12.6 Å². The van der Waals surface area contributed by atoms with E-state index >= 15 is 0 Å². The van der Waals surface area contributed by atoms with Gasteiger partial charge in [-0.1, -0.05) is 12.1 Å². The van der Waals surface area contributed by atoms with Crippen LogP contribution in [0, 0.1) is 0 Å². The third-order valence-corrected chi connectivity index (χ3v) is 3.76. The van der Waals surface area contributed by atoms with Crippen LogP contribution >= 0.6 is 0 Å². The summed E-state index contributed by atoms with van der Waals surface area (Å²) in [6.45, 7) is 6.09. The second-order valence-electron chi connectivity index (χ2n) is 5.65. The number of likely N-dealkylation sites (N-methyl/N-ethyl adjacent to an activating group) is 1. The van der Waals surface area contributed by atoms with Crippen molar-refractivity contribution < 1.29 is 9.90 Å². The Morgan fingerprint density at radius 3 is 2.40 bits per heavy atom. The van der Waals surface area contributed by atoms with Gasteiger partial charge in [-0.15, -0.1) is 0 Å². The van der Waals surface area contributed by atoms with E-state index in [2.05, 4.69) is 5.32 Å². The molecule has 1 aromatic rings. The minimum Gasteiger partial charge on any atom is -0.394 e. The molecular formula is C15H25N3O2. The van der Waals surface area contributed by atoms with Crippen LogP contribution < -0.4 is 11.1 Å². The van der Waals surface area contributed by atoms with Crippen molar-refractivity contribution in [3.63, 3.8) is 0 Å². The Bertz CT molecular complexity index is 443. The summed E-state index contributed by atoms with van der Waals surface area (Å²) in [7, 11) is 1.83. The topological polar surface area (TPSA) is 78.6 Å². The quantitative estimate of drug-likeness (QED) is 0.730. The molecule has 0 fully saturated rings. The van der Waals surface area contributed by atoms with Gasteiger partial charge in [-0.05, 0) is 45.5 Å². The van der Waals surface area contributed by atoms with Crippen LogP contribution in [-0.2, 0) is 11.3 Å². The van der Waals surface area contributed by atoms with Gasteiger partial charge in [0, 0.05) is 17.8 Å². The van der Waals surface area contributed by atoms with Crippen LogP contribution in [0.1, 0.15) is 26.3 Å². The van der Waals surface area contributed by atoms with Gasteiger partial charge in [0.1, 0.15) is 0 Å². The van der Waals surface area contributed by atoms with Crippen molar-refractivity contribution in [3.8, 4) is 0 Å². The highest BCUT2D eigenvalue weighted by molar-refractivity contribution is 5.94. The fraction of sp³-hybridized carbons (Fsp3) is 0.533. The molecule has 0 spiro atoms. The van der Waals surface area contributed by atoms with Crippen molar-refractivity contribution in [3.05, 3.63) is 29.8 Å². The smallest absolute Gasteiger partial charge is 0.241 e. The first-order valence-corrected chi connectivity index (χ1v) is 6.75. The molecule has 0 aliphatic rings. The molecule has 1 atom stereocenters. The summed E-state index contributed by atoms with van der Waals surface area (Å²) in [5.74, 6) is -0.102. The second kappa shape index (κ2) is 6.83. The van der Waals surface area contributed by atoms with Crippen LogP contribution in [-0.4, -0.2) is 41.1 Å². The molecule has 0 bridgehead atoms. The summed E-state index contributed by atoms with van der Waals surface area (Å²) in [5.41, 5.74) is 6.86. The lowest BCUT2D eigenvalue weighted by Gasteiger charge is -2.37. The highest BCUT2D eigenvalue weighted by Gasteiger charge is 2.30. The normalized spacial score (nSPS) is 13.3. The predicted octanol–water partition coefficient (Wildman–Crippen LogP) is 1.18. The molecule has 5 nitrogen and oxygen atoms in total. The summed E-state index contributed by atoms with van der Waals surface area (Å²) in [5, 5.41) is 12.2. The van der Waals surface area contributed by atoms with E-state index in [9.17, 15) is 9.90 Å². The summed E-state index contributed by atoms with van der Waals surface area (Å²) < 4.78 is 0. The number of rotatable bonds is 6. The average molecular weight is 279 g/mol. The summed E-state index contributed by atoms with van der Waals surface area (Å²) in [6.07, 6.45) is 0. The number of anilines is 1. The third kappa shape index (κ3) is 4.03. The first-order valence-electron chi connectivity index (χ1n) is 6.75. The zero-order valence-corrected chi connectivity index (χ0v) is 12.7. The minimum atomic E-state index is -0.444. The number of nitrogens with one attached hydrogen (secondary N) is 1. The molecule has 0 aliphatic heterocycles. The standard InChI is InChI=1S/C15H25N3O2/c1-11(18(4)15(2,3)10-19)14(20)17-13-7-5-12(9-16)6-8-13/h5-8,11,19H,9-10,16H2,1-4H3,(H,17,20). The highest BCUT2D eigenvalue weighted by atomic mass is 16.3. The molecule has 1 rings (SSSR count). The first-order chi connectivity index (χ1) is 9.31. The number of hydrogen-bond donors (Lipinski definition) is 3. The van der Waals surface area contributed by atoms with E-state index in [1.165, 1.54) is 0 Å². The maximum atomic E-state index is 12.2. The lowest BCUT2D eigenvalue weighted by atomic mass is 10.0. The molecule has 1 unspecified atom stereocenters. The van der Waals surface area contributed by atoms with Crippen molar-refractivity contribution in [1.82, 2.24) is 4.90 Å². The molecule has 0 heterocycles. The van der Waals surface area contributed by atoms with Gasteiger partial charge < -0.3 is 16.2 Å². The lowest BCUT2D eigenvalue weighted by molar-refractivity contribution is -0.122. The highest BCUT2D eigenvalue weighted by Crippen LogP contribution is 2.16. The SMILES string of the molecule is CC(C(=O)Nc1ccc(CN)cc1)N(C)C(C)(C)CO. The molecule has 1 amide bonds. The van der Waals surface area contributed by atoms with E-state index in [1.54, 1.807) is 0 Å². The number of nitrogens with zero attached hydrogens (tertiary/aromatic N) is 1. The molecule has 0 saturated heterocycles. The maximum absolute atomic E-state index is 12.2. The van der Waals surface area contributed by atoms with Crippen LogP contribution in [0.4, 0.5) is 5.69 Å². The van der Waals surface area contributed by atoms with E-state index in [0.29, 0.717) is 6.54 Å². The first kappa shape index (κ1) is 16.6. The predicted molar refractivity (Wildman–Crippen MR) is 81.4 cm³/mol. The number of aliphatic hydroxyl groups is 1. The van der Waals surface area contributed by atoms with Crippen LogP contribution in [0.5, 0.6) is 0 Å². The molecule has 4 N–H and O–H groups in total. The lowest BCUT2D eigenvalue weighted by Crippen LogP contribution is -2.52. The van der Waals surface area contributed by atoms with E-state index in [1.807, 2.05) is 57.0 Å². The summed E-state index contributed by atoms with van der Waals surface area (Å²) >= 11 is 0. The zero-order valence-electron chi connectivity index (χ0n) is 12.7. The second-order valence-corrected chi connectivity index (χ2v) is 5.65. The monoisotopic (exact) mass is 279 g/mol. The van der Waals surface area contributed by atoms with Crippen LogP contribution in [0.3, 0.4) is 0 Å². The van der Waals surface area contributed by atoms with Gasteiger partial charge in [-0.3, -0.25) is 9.69 Å². The number of benzene rings is 1. The molecule has 0 aliphatic carbocycles. The molecule has 0 saturated carbocycles. The largest absolute Gasteiger partial charge is 0.394 e. The van der Waals surface area contributed by atoms with Crippen LogP contribution in [0.2, 0.25) is 0 Å². The van der Waals surface area contributed by atoms with Crippen LogP contribution in [0.15, 0.2) is 24.3 Å². The Labute approximate surface area is 120 Å². The Morgan fingerprint density at radius 2 is 1.95 bits per heavy atom. The molecule has 1 aromatic carbocycles. The number of carbonyl (C=O) groups excluding carboxylic acids is 1. The molecule has 20 heavy (non-hydrogen) atoms. The fourth-order valence-corrected chi connectivity index (χ4v) is 1.78. The van der Waals surface area contributed by atoms with Crippen molar-refractivity contribution >= 4 is 11.6 Å². The van der Waals surface area contributed by atoms with Gasteiger partial charge in [0.25, 0.3) is 0 Å². The van der Waals surface area contributed by atoms with Gasteiger partial charge in [-0.25, -0.2) is 0 Å². The Balaban J connectivity index is 2.70. The fourth-order valence-electron chi connectivity index (χ4n) is 1.78. The Hall–Kier alpha value is -1.43. The Kier molecular flexibility index (Phi) is 5.68. The van der Waals surface area contributed by atoms with E-state index in [-0.39, 0.29) is 18.6 Å². The molecule has 112 valence electrons. The van der Waals surface area contributed by atoms with Crippen molar-refractivity contribution in [1.29, 1.82) is 0 Å². The maximum Gasteiger partial charge on any atom is 0.241 e. The molecule has 5 heteroatoms. The van der Waals surface area contributed by atoms with Crippen molar-refractivity contribution in [2.45, 2.75) is 38.9 Å². The zero-order chi connectivity index (χ0) is 15.3. The minimum absolute atomic E-state index is 0.00762. The Morgan fingerprint density at radius 1 is 1.40 bits per heavy atom. The molecule has 0 aromatic heterocycles. The molecule has 0 radical (unpaired) electrons. The number of amides is 1. The average Bonchev–Trinajstić information content (AvgIpc) is 2.46. The number of aliphatic hydroxyl groups excluding tert-OH is 1. The summed E-state index contributed by atoms with van der Waals surface area (Å²) in [6, 6.07) is 7.11. The van der Waals surface area contributed by atoms with Crippen molar-refractivity contribution in [2.75, 3.05) is 19.0 Å². The van der Waals surface area contributed by atoms with E-state index in [0.717, 1.165) is 11.3 Å². The van der Waals surface area contributed by atoms with Gasteiger partial charge >= 0.3 is 0 Å². The molecular weight excluding hydrogens is 254 g/mol. The van der Waals surface area contributed by atoms with Gasteiger partial charge in [0.2, 0.25) is 5.91 Å². The summed E-state index contributed by atoms with van der Waals surface area (Å²) in [4.78, 5) is 14.1. The van der Waals surface area contributed by atoms with Gasteiger partial charge in [-0.2, -0.15) is 0 Å². The van der Waals surface area contributed by atoms with E-state index < -0.39 is 5.54 Å². The van der Waals surface area contributed by atoms with Crippen molar-refractivity contribution in [2.24, 2.45) is 5.73 Å². The van der Waals surface area contributed by atoms with E-state index in [4.69, 9.17) is 5.73 Å². The van der Waals surface area contributed by atoms with Gasteiger partial charge in [0.15, 0.2) is 0 Å². The number of hydrogen-bond acceptors (Lipinski definition) is 4.